The van der Waals surface area contributed by atoms with Crippen molar-refractivity contribution in [2.24, 2.45) is 0 Å². The molecule has 34 heavy (non-hydrogen) atoms. The zero-order chi connectivity index (χ0) is 24.1. The van der Waals surface area contributed by atoms with Crippen molar-refractivity contribution in [3.05, 3.63) is 77.3 Å². The Morgan fingerprint density at radius 3 is 2.38 bits per heavy atom. The van der Waals surface area contributed by atoms with Gasteiger partial charge in [0.1, 0.15) is 17.5 Å². The van der Waals surface area contributed by atoms with Crippen molar-refractivity contribution in [3.8, 4) is 11.5 Å². The minimum absolute atomic E-state index is 0.218. The molecule has 0 aromatic heterocycles. The Hall–Kier alpha value is -3.85. The lowest BCUT2D eigenvalue weighted by Crippen LogP contribution is -2.53. The molecule has 1 aliphatic rings. The molecule has 0 aliphatic carbocycles. The normalized spacial score (nSPS) is 14.6. The summed E-state index contributed by atoms with van der Waals surface area (Å²) in [4.78, 5) is 40.2. The van der Waals surface area contributed by atoms with Gasteiger partial charge in [0.2, 0.25) is 11.8 Å². The van der Waals surface area contributed by atoms with Crippen molar-refractivity contribution in [2.45, 2.75) is 12.5 Å². The molecule has 9 heteroatoms. The third-order valence-corrected chi connectivity index (χ3v) is 5.76. The third-order valence-electron chi connectivity index (χ3n) is 5.23. The summed E-state index contributed by atoms with van der Waals surface area (Å²) in [5.74, 6) is -0.136. The Morgan fingerprint density at radius 1 is 1.00 bits per heavy atom. The van der Waals surface area contributed by atoms with E-state index in [0.29, 0.717) is 28.6 Å². The molecule has 1 heterocycles. The van der Waals surface area contributed by atoms with Crippen molar-refractivity contribution in [3.63, 3.8) is 0 Å². The maximum atomic E-state index is 13.2. The highest BCUT2D eigenvalue weighted by molar-refractivity contribution is 9.10. The number of halogens is 1. The average Bonchev–Trinajstić information content (AvgIpc) is 2.84. The topological polar surface area (TPSA) is 97.0 Å². The summed E-state index contributed by atoms with van der Waals surface area (Å²) in [5.41, 5.74) is 1.59. The highest BCUT2D eigenvalue weighted by Crippen LogP contribution is 2.33. The quantitative estimate of drug-likeness (QED) is 0.483. The van der Waals surface area contributed by atoms with Gasteiger partial charge in [-0.1, -0.05) is 28.1 Å². The van der Waals surface area contributed by atoms with Gasteiger partial charge < -0.3 is 20.1 Å². The molecule has 0 saturated heterocycles. The zero-order valence-electron chi connectivity index (χ0n) is 18.3. The second-order valence-electron chi connectivity index (χ2n) is 7.51. The average molecular weight is 524 g/mol. The molecule has 3 aromatic rings. The SMILES string of the molecule is COc1ccc(OCC(=O)N2c3ccccc3NC(=O)[C@H]2CC(=O)Nc2ccc(Br)cc2)cc1. The summed E-state index contributed by atoms with van der Waals surface area (Å²) < 4.78 is 11.6. The minimum Gasteiger partial charge on any atom is -0.497 e. The second-order valence-corrected chi connectivity index (χ2v) is 8.43. The summed E-state index contributed by atoms with van der Waals surface area (Å²) in [7, 11) is 1.56. The summed E-state index contributed by atoms with van der Waals surface area (Å²) >= 11 is 3.35. The van der Waals surface area contributed by atoms with Crippen LogP contribution >= 0.6 is 15.9 Å². The fraction of sp³-hybridized carbons (Fsp3) is 0.160. The number of anilines is 3. The first-order chi connectivity index (χ1) is 16.4. The van der Waals surface area contributed by atoms with E-state index in [1.54, 1.807) is 79.9 Å². The van der Waals surface area contributed by atoms with Crippen LogP contribution in [0.3, 0.4) is 0 Å². The van der Waals surface area contributed by atoms with Gasteiger partial charge in [0.05, 0.1) is 24.9 Å². The molecular weight excluding hydrogens is 502 g/mol. The summed E-state index contributed by atoms with van der Waals surface area (Å²) in [6.45, 7) is -0.307. The number of nitrogens with one attached hydrogen (secondary N) is 2. The molecule has 2 N–H and O–H groups in total. The Morgan fingerprint density at radius 2 is 1.68 bits per heavy atom. The van der Waals surface area contributed by atoms with E-state index in [1.165, 1.54) is 4.90 Å². The lowest BCUT2D eigenvalue weighted by Gasteiger charge is -2.36. The standard InChI is InChI=1S/C25H22BrN3O5/c1-33-18-10-12-19(13-11-18)34-15-24(31)29-21-5-3-2-4-20(21)28-25(32)22(29)14-23(30)27-17-8-6-16(26)7-9-17/h2-13,22H,14-15H2,1H3,(H,27,30)(H,28,32)/t22-/m1/s1. The molecule has 1 atom stereocenters. The molecule has 0 spiro atoms. The van der Waals surface area contributed by atoms with Gasteiger partial charge in [-0.15, -0.1) is 0 Å². The zero-order valence-corrected chi connectivity index (χ0v) is 19.9. The molecule has 0 bridgehead atoms. The van der Waals surface area contributed by atoms with E-state index in [4.69, 9.17) is 9.47 Å². The first kappa shape index (κ1) is 23.3. The lowest BCUT2D eigenvalue weighted by atomic mass is 10.0. The van der Waals surface area contributed by atoms with Crippen LogP contribution in [0.15, 0.2) is 77.3 Å². The first-order valence-corrected chi connectivity index (χ1v) is 11.3. The number of nitrogens with zero attached hydrogens (tertiary/aromatic N) is 1. The van der Waals surface area contributed by atoms with E-state index in [0.717, 1.165) is 4.47 Å². The lowest BCUT2D eigenvalue weighted by molar-refractivity contribution is -0.127. The second kappa shape index (κ2) is 10.4. The third kappa shape index (κ3) is 5.37. The number of ether oxygens (including phenoxy) is 2. The van der Waals surface area contributed by atoms with Gasteiger partial charge in [0.15, 0.2) is 6.61 Å². The number of para-hydroxylation sites is 2. The maximum Gasteiger partial charge on any atom is 0.265 e. The van der Waals surface area contributed by atoms with Gasteiger partial charge in [-0.3, -0.25) is 19.3 Å². The molecule has 0 fully saturated rings. The molecule has 4 rings (SSSR count). The van der Waals surface area contributed by atoms with Crippen molar-refractivity contribution < 1.29 is 23.9 Å². The molecule has 3 aromatic carbocycles. The molecule has 1 aliphatic heterocycles. The van der Waals surface area contributed by atoms with Crippen LogP contribution in [0.1, 0.15) is 6.42 Å². The van der Waals surface area contributed by atoms with Crippen LogP contribution in [-0.4, -0.2) is 37.5 Å². The summed E-state index contributed by atoms with van der Waals surface area (Å²) in [6.07, 6.45) is -0.218. The van der Waals surface area contributed by atoms with Crippen molar-refractivity contribution in [2.75, 3.05) is 29.3 Å². The van der Waals surface area contributed by atoms with Crippen molar-refractivity contribution in [1.29, 1.82) is 0 Å². The van der Waals surface area contributed by atoms with Crippen molar-refractivity contribution >= 4 is 50.7 Å². The van der Waals surface area contributed by atoms with Crippen LogP contribution < -0.4 is 25.0 Å². The molecule has 3 amide bonds. The Bertz CT molecular complexity index is 1200. The molecule has 8 nitrogen and oxygen atoms in total. The maximum absolute atomic E-state index is 13.2. The summed E-state index contributed by atoms with van der Waals surface area (Å²) in [6, 6.07) is 19.8. The van der Waals surface area contributed by atoms with Crippen LogP contribution in [-0.2, 0) is 14.4 Å². The van der Waals surface area contributed by atoms with Gasteiger partial charge in [0, 0.05) is 10.2 Å². The number of hydrogen-bond donors (Lipinski definition) is 2. The molecule has 0 radical (unpaired) electrons. The van der Waals surface area contributed by atoms with E-state index < -0.39 is 23.8 Å². The predicted molar refractivity (Wildman–Crippen MR) is 132 cm³/mol. The molecule has 174 valence electrons. The van der Waals surface area contributed by atoms with E-state index in [-0.39, 0.29) is 13.0 Å². The van der Waals surface area contributed by atoms with Gasteiger partial charge >= 0.3 is 0 Å². The largest absolute Gasteiger partial charge is 0.497 e. The van der Waals surface area contributed by atoms with Crippen LogP contribution in [0, 0.1) is 0 Å². The van der Waals surface area contributed by atoms with E-state index in [2.05, 4.69) is 26.6 Å². The number of benzene rings is 3. The minimum atomic E-state index is -1.03. The highest BCUT2D eigenvalue weighted by Gasteiger charge is 2.38. The number of amides is 3. The molecule has 0 unspecified atom stereocenters. The number of carbonyl (C=O) groups excluding carboxylic acids is 3. The number of methoxy groups -OCH3 is 1. The van der Waals surface area contributed by atoms with Crippen LogP contribution in [0.5, 0.6) is 11.5 Å². The van der Waals surface area contributed by atoms with Crippen LogP contribution in [0.2, 0.25) is 0 Å². The monoisotopic (exact) mass is 523 g/mol. The smallest absolute Gasteiger partial charge is 0.265 e. The molecule has 0 saturated carbocycles. The number of rotatable bonds is 7. The fourth-order valence-electron chi connectivity index (χ4n) is 3.59. The van der Waals surface area contributed by atoms with Gasteiger partial charge in [-0.25, -0.2) is 0 Å². The number of fused-ring (bicyclic) bond motifs is 1. The van der Waals surface area contributed by atoms with Crippen molar-refractivity contribution in [1.82, 2.24) is 0 Å². The molecular formula is C25H22BrN3O5. The van der Waals surface area contributed by atoms with Crippen LogP contribution in [0.4, 0.5) is 17.1 Å². The van der Waals surface area contributed by atoms with E-state index in [9.17, 15) is 14.4 Å². The Balaban J connectivity index is 1.52. The number of hydrogen-bond acceptors (Lipinski definition) is 5. The van der Waals surface area contributed by atoms with Gasteiger partial charge in [-0.05, 0) is 60.7 Å². The highest BCUT2D eigenvalue weighted by atomic mass is 79.9. The fourth-order valence-corrected chi connectivity index (χ4v) is 3.85. The summed E-state index contributed by atoms with van der Waals surface area (Å²) in [5, 5.41) is 5.55. The Kier molecular flexibility index (Phi) is 7.12. The van der Waals surface area contributed by atoms with Gasteiger partial charge in [-0.2, -0.15) is 0 Å². The predicted octanol–water partition coefficient (Wildman–Crippen LogP) is 4.22. The van der Waals surface area contributed by atoms with Crippen LogP contribution in [0.25, 0.3) is 0 Å². The van der Waals surface area contributed by atoms with E-state index >= 15 is 0 Å². The van der Waals surface area contributed by atoms with E-state index in [1.807, 2.05) is 0 Å². The Labute approximate surface area is 205 Å². The first-order valence-electron chi connectivity index (χ1n) is 10.5. The van der Waals surface area contributed by atoms with Gasteiger partial charge in [0.25, 0.3) is 5.91 Å². The number of carbonyl (C=O) groups is 3.